The molecule has 2 aliphatic rings. The zero-order chi connectivity index (χ0) is 9.47. The van der Waals surface area contributed by atoms with Crippen molar-refractivity contribution in [2.45, 2.75) is 32.7 Å². The second kappa shape index (κ2) is 2.98. The van der Waals surface area contributed by atoms with E-state index in [4.69, 9.17) is 0 Å². The monoisotopic (exact) mass is 182 g/mol. The van der Waals surface area contributed by atoms with E-state index in [1.165, 1.54) is 12.8 Å². The van der Waals surface area contributed by atoms with Gasteiger partial charge in [0, 0.05) is 19.1 Å². The molecule has 2 saturated heterocycles. The Bertz CT molecular complexity index is 219. The van der Waals surface area contributed by atoms with E-state index in [2.05, 4.69) is 5.32 Å². The smallest absolute Gasteiger partial charge is 0.230 e. The van der Waals surface area contributed by atoms with Crippen molar-refractivity contribution in [2.24, 2.45) is 5.41 Å². The molecule has 0 aromatic carbocycles. The van der Waals surface area contributed by atoms with Crippen molar-refractivity contribution in [3.63, 3.8) is 0 Å². The van der Waals surface area contributed by atoms with Gasteiger partial charge < -0.3 is 10.2 Å². The third-order valence-corrected chi connectivity index (χ3v) is 3.12. The van der Waals surface area contributed by atoms with Crippen LogP contribution in [-0.4, -0.2) is 36.5 Å². The van der Waals surface area contributed by atoms with Gasteiger partial charge in [-0.2, -0.15) is 0 Å². The second-order valence-electron chi connectivity index (χ2n) is 4.82. The molecule has 1 N–H and O–H groups in total. The summed E-state index contributed by atoms with van der Waals surface area (Å²) in [6, 6.07) is 0.467. The van der Waals surface area contributed by atoms with Gasteiger partial charge in [0.25, 0.3) is 0 Å². The third kappa shape index (κ3) is 1.46. The number of carbonyl (C=O) groups is 1. The fourth-order valence-corrected chi connectivity index (χ4v) is 2.26. The standard InChI is InChI=1S/C10H18N2O/c1-10(2)7-12(9(10)13)8-4-3-5-11-6-8/h8,11H,3-7H2,1-2H3/t8-/m1/s1. The Morgan fingerprint density at radius 3 is 2.77 bits per heavy atom. The molecule has 0 saturated carbocycles. The Balaban J connectivity index is 1.93. The molecule has 2 rings (SSSR count). The molecule has 0 spiro atoms. The van der Waals surface area contributed by atoms with E-state index >= 15 is 0 Å². The molecule has 2 aliphatic heterocycles. The third-order valence-electron chi connectivity index (χ3n) is 3.12. The lowest BCUT2D eigenvalue weighted by molar-refractivity contribution is -0.161. The van der Waals surface area contributed by atoms with Crippen LogP contribution in [0.2, 0.25) is 0 Å². The molecule has 3 heteroatoms. The molecule has 1 amide bonds. The van der Waals surface area contributed by atoms with Crippen LogP contribution in [0.25, 0.3) is 0 Å². The number of nitrogens with zero attached hydrogens (tertiary/aromatic N) is 1. The van der Waals surface area contributed by atoms with Gasteiger partial charge >= 0.3 is 0 Å². The summed E-state index contributed by atoms with van der Waals surface area (Å²) in [4.78, 5) is 13.7. The van der Waals surface area contributed by atoms with Crippen LogP contribution in [0.4, 0.5) is 0 Å². The average molecular weight is 182 g/mol. The van der Waals surface area contributed by atoms with Gasteiger partial charge in [0.15, 0.2) is 0 Å². The van der Waals surface area contributed by atoms with Crippen molar-refractivity contribution in [3.05, 3.63) is 0 Å². The summed E-state index contributed by atoms with van der Waals surface area (Å²) < 4.78 is 0. The van der Waals surface area contributed by atoms with Gasteiger partial charge in [0.1, 0.15) is 0 Å². The molecular weight excluding hydrogens is 164 g/mol. The first-order chi connectivity index (χ1) is 6.11. The highest BCUT2D eigenvalue weighted by molar-refractivity contribution is 5.88. The molecule has 0 aromatic heterocycles. The van der Waals surface area contributed by atoms with Crippen LogP contribution in [0.3, 0.4) is 0 Å². The van der Waals surface area contributed by atoms with E-state index in [0.29, 0.717) is 11.9 Å². The largest absolute Gasteiger partial charge is 0.337 e. The molecule has 0 unspecified atom stereocenters. The topological polar surface area (TPSA) is 32.3 Å². The maximum absolute atomic E-state index is 11.7. The van der Waals surface area contributed by atoms with Crippen LogP contribution in [0.15, 0.2) is 0 Å². The molecule has 3 nitrogen and oxygen atoms in total. The van der Waals surface area contributed by atoms with Gasteiger partial charge in [-0.15, -0.1) is 0 Å². The number of amides is 1. The maximum Gasteiger partial charge on any atom is 0.230 e. The fourth-order valence-electron chi connectivity index (χ4n) is 2.26. The normalized spacial score (nSPS) is 32.9. The minimum absolute atomic E-state index is 0.0859. The summed E-state index contributed by atoms with van der Waals surface area (Å²) in [5.74, 6) is 0.334. The van der Waals surface area contributed by atoms with Gasteiger partial charge in [-0.3, -0.25) is 4.79 Å². The Labute approximate surface area is 79.5 Å². The number of β-lactam (4-membered cyclic amide) rings is 1. The Kier molecular flexibility index (Phi) is 2.06. The number of carbonyl (C=O) groups excluding carboxylic acids is 1. The second-order valence-corrected chi connectivity index (χ2v) is 4.82. The van der Waals surface area contributed by atoms with Crippen LogP contribution >= 0.6 is 0 Å². The maximum atomic E-state index is 11.7. The SMILES string of the molecule is CC1(C)CN([C@@H]2CCCNC2)C1=O. The van der Waals surface area contributed by atoms with Gasteiger partial charge in [-0.25, -0.2) is 0 Å². The first-order valence-electron chi connectivity index (χ1n) is 5.13. The van der Waals surface area contributed by atoms with E-state index < -0.39 is 0 Å². The minimum atomic E-state index is -0.0859. The first kappa shape index (κ1) is 9.00. The highest BCUT2D eigenvalue weighted by Crippen LogP contribution is 2.33. The van der Waals surface area contributed by atoms with Crippen LogP contribution in [0.1, 0.15) is 26.7 Å². The summed E-state index contributed by atoms with van der Waals surface area (Å²) in [5, 5.41) is 3.34. The van der Waals surface area contributed by atoms with Crippen molar-refractivity contribution in [2.75, 3.05) is 19.6 Å². The summed E-state index contributed by atoms with van der Waals surface area (Å²) in [6.45, 7) is 7.10. The molecule has 0 radical (unpaired) electrons. The molecule has 13 heavy (non-hydrogen) atoms. The average Bonchev–Trinajstić information content (AvgIpc) is 2.15. The fraction of sp³-hybridized carbons (Fsp3) is 0.900. The van der Waals surface area contributed by atoms with E-state index in [9.17, 15) is 4.79 Å². The van der Waals surface area contributed by atoms with E-state index in [1.54, 1.807) is 0 Å². The number of hydrogen-bond acceptors (Lipinski definition) is 2. The van der Waals surface area contributed by atoms with Gasteiger partial charge in [-0.1, -0.05) is 0 Å². The molecule has 0 aliphatic carbocycles. The predicted molar refractivity (Wildman–Crippen MR) is 51.4 cm³/mol. The molecular formula is C10H18N2O. The van der Waals surface area contributed by atoms with Gasteiger partial charge in [-0.05, 0) is 33.2 Å². The zero-order valence-corrected chi connectivity index (χ0v) is 8.47. The van der Waals surface area contributed by atoms with Crippen molar-refractivity contribution in [1.82, 2.24) is 10.2 Å². The van der Waals surface area contributed by atoms with Crippen molar-refractivity contribution < 1.29 is 4.79 Å². The van der Waals surface area contributed by atoms with Crippen LogP contribution in [0, 0.1) is 5.41 Å². The highest BCUT2D eigenvalue weighted by Gasteiger charge is 2.46. The number of rotatable bonds is 1. The zero-order valence-electron chi connectivity index (χ0n) is 8.47. The van der Waals surface area contributed by atoms with Crippen LogP contribution in [-0.2, 0) is 4.79 Å². The number of nitrogens with one attached hydrogen (secondary N) is 1. The van der Waals surface area contributed by atoms with E-state index in [0.717, 1.165) is 19.6 Å². The quantitative estimate of drug-likeness (QED) is 0.602. The van der Waals surface area contributed by atoms with E-state index in [1.807, 2.05) is 18.7 Å². The lowest BCUT2D eigenvalue weighted by atomic mass is 9.81. The van der Waals surface area contributed by atoms with Crippen molar-refractivity contribution in [1.29, 1.82) is 0 Å². The number of hydrogen-bond donors (Lipinski definition) is 1. The number of piperidine rings is 1. The summed E-state index contributed by atoms with van der Waals surface area (Å²) in [7, 11) is 0. The summed E-state index contributed by atoms with van der Waals surface area (Å²) >= 11 is 0. The van der Waals surface area contributed by atoms with Crippen LogP contribution in [0.5, 0.6) is 0 Å². The Morgan fingerprint density at radius 1 is 1.54 bits per heavy atom. The Hall–Kier alpha value is -0.570. The molecule has 2 fully saturated rings. The summed E-state index contributed by atoms with van der Waals surface area (Å²) in [6.07, 6.45) is 2.38. The highest BCUT2D eigenvalue weighted by atomic mass is 16.2. The lowest BCUT2D eigenvalue weighted by Gasteiger charge is -2.49. The molecule has 1 atom stereocenters. The predicted octanol–water partition coefficient (Wildman–Crippen LogP) is 0.607. The first-order valence-corrected chi connectivity index (χ1v) is 5.13. The molecule has 74 valence electrons. The van der Waals surface area contributed by atoms with Crippen molar-refractivity contribution in [3.8, 4) is 0 Å². The molecule has 2 heterocycles. The number of likely N-dealkylation sites (tertiary alicyclic amines) is 1. The molecule has 0 bridgehead atoms. The van der Waals surface area contributed by atoms with E-state index in [-0.39, 0.29) is 5.41 Å². The minimum Gasteiger partial charge on any atom is -0.337 e. The van der Waals surface area contributed by atoms with Gasteiger partial charge in [0.2, 0.25) is 5.91 Å². The summed E-state index contributed by atoms with van der Waals surface area (Å²) in [5.41, 5.74) is -0.0859. The van der Waals surface area contributed by atoms with Crippen LogP contribution < -0.4 is 5.32 Å². The van der Waals surface area contributed by atoms with Gasteiger partial charge in [0.05, 0.1) is 5.41 Å². The molecule has 0 aromatic rings. The Morgan fingerprint density at radius 2 is 2.31 bits per heavy atom. The lowest BCUT2D eigenvalue weighted by Crippen LogP contribution is -2.64. The van der Waals surface area contributed by atoms with Crippen molar-refractivity contribution >= 4 is 5.91 Å².